The van der Waals surface area contributed by atoms with E-state index in [1.54, 1.807) is 0 Å². The van der Waals surface area contributed by atoms with Crippen LogP contribution in [-0.2, 0) is 0 Å². The normalized spacial score (nSPS) is 19.1. The summed E-state index contributed by atoms with van der Waals surface area (Å²) in [4.78, 5) is 0. The number of hydrogen-bond donors (Lipinski definition) is 1. The van der Waals surface area contributed by atoms with E-state index in [0.717, 1.165) is 0 Å². The van der Waals surface area contributed by atoms with Crippen molar-refractivity contribution in [2.75, 3.05) is 6.54 Å². The van der Waals surface area contributed by atoms with Crippen molar-refractivity contribution in [1.29, 1.82) is 0 Å². The van der Waals surface area contributed by atoms with Crippen molar-refractivity contribution < 1.29 is 0 Å². The van der Waals surface area contributed by atoms with E-state index in [9.17, 15) is 0 Å². The van der Waals surface area contributed by atoms with Gasteiger partial charge in [-0.05, 0) is 32.7 Å². The molecular formula is C15H31N. The molecule has 0 aromatic carbocycles. The van der Waals surface area contributed by atoms with Gasteiger partial charge in [-0.25, -0.2) is 0 Å². The summed E-state index contributed by atoms with van der Waals surface area (Å²) in [7, 11) is 0. The van der Waals surface area contributed by atoms with E-state index in [2.05, 4.69) is 19.2 Å². The molecule has 0 heterocycles. The van der Waals surface area contributed by atoms with Crippen LogP contribution in [0, 0.1) is 0 Å². The van der Waals surface area contributed by atoms with Gasteiger partial charge in [-0.3, -0.25) is 0 Å². The Kier molecular flexibility index (Phi) is 7.11. The third-order valence-electron chi connectivity index (χ3n) is 4.04. The second kappa shape index (κ2) is 8.11. The second-order valence-electron chi connectivity index (χ2n) is 5.82. The lowest BCUT2D eigenvalue weighted by atomic mass is 10.0. The molecule has 16 heavy (non-hydrogen) atoms. The number of hydrogen-bond acceptors (Lipinski definition) is 1. The Hall–Kier alpha value is -0.0400. The van der Waals surface area contributed by atoms with Gasteiger partial charge in [0.25, 0.3) is 0 Å². The van der Waals surface area contributed by atoms with E-state index < -0.39 is 0 Å². The van der Waals surface area contributed by atoms with Crippen LogP contribution >= 0.6 is 0 Å². The Bertz CT molecular complexity index is 159. The first-order valence-corrected chi connectivity index (χ1v) is 7.52. The molecule has 0 amide bonds. The summed E-state index contributed by atoms with van der Waals surface area (Å²) in [5.41, 5.74) is 0.488. The average molecular weight is 225 g/mol. The molecule has 0 bridgehead atoms. The molecule has 0 atom stereocenters. The minimum absolute atomic E-state index is 0.488. The molecule has 0 unspecified atom stereocenters. The molecule has 1 fully saturated rings. The summed E-state index contributed by atoms with van der Waals surface area (Å²) < 4.78 is 0. The van der Waals surface area contributed by atoms with Gasteiger partial charge in [0.1, 0.15) is 0 Å². The smallest absolute Gasteiger partial charge is 0.0153 e. The fourth-order valence-corrected chi connectivity index (χ4v) is 2.80. The van der Waals surface area contributed by atoms with Gasteiger partial charge in [-0.2, -0.15) is 0 Å². The molecule has 96 valence electrons. The van der Waals surface area contributed by atoms with E-state index in [0.29, 0.717) is 5.54 Å². The first-order chi connectivity index (χ1) is 7.77. The lowest BCUT2D eigenvalue weighted by Crippen LogP contribution is -2.39. The quantitative estimate of drug-likeness (QED) is 0.563. The van der Waals surface area contributed by atoms with Crippen molar-refractivity contribution in [3.63, 3.8) is 0 Å². The standard InChI is InChI=1S/C15H31N/c1-3-4-5-6-7-8-11-14-16-15(2)12-9-10-13-15/h16H,3-14H2,1-2H3. The molecule has 1 nitrogen and oxygen atoms in total. The molecule has 0 aliphatic heterocycles. The Labute approximate surface area is 102 Å². The van der Waals surface area contributed by atoms with Crippen molar-refractivity contribution in [2.45, 2.75) is 90.0 Å². The molecule has 0 aromatic rings. The molecule has 1 saturated carbocycles. The van der Waals surface area contributed by atoms with Crippen LogP contribution in [0.25, 0.3) is 0 Å². The highest BCUT2D eigenvalue weighted by Crippen LogP contribution is 2.28. The highest BCUT2D eigenvalue weighted by molar-refractivity contribution is 4.87. The summed E-state index contributed by atoms with van der Waals surface area (Å²) >= 11 is 0. The monoisotopic (exact) mass is 225 g/mol. The maximum atomic E-state index is 3.76. The van der Waals surface area contributed by atoms with Gasteiger partial charge in [-0.15, -0.1) is 0 Å². The average Bonchev–Trinajstić information content (AvgIpc) is 2.70. The number of nitrogens with one attached hydrogen (secondary N) is 1. The van der Waals surface area contributed by atoms with Gasteiger partial charge in [0, 0.05) is 5.54 Å². The molecule has 0 radical (unpaired) electrons. The fraction of sp³-hybridized carbons (Fsp3) is 1.00. The summed E-state index contributed by atoms with van der Waals surface area (Å²) in [5, 5.41) is 3.76. The second-order valence-corrected chi connectivity index (χ2v) is 5.82. The van der Waals surface area contributed by atoms with Crippen LogP contribution < -0.4 is 5.32 Å². The van der Waals surface area contributed by atoms with Gasteiger partial charge >= 0.3 is 0 Å². The Morgan fingerprint density at radius 3 is 2.06 bits per heavy atom. The van der Waals surface area contributed by atoms with Crippen molar-refractivity contribution in [3.05, 3.63) is 0 Å². The third kappa shape index (κ3) is 5.89. The molecule has 1 aliphatic rings. The Balaban J connectivity index is 1.84. The topological polar surface area (TPSA) is 12.0 Å². The van der Waals surface area contributed by atoms with Gasteiger partial charge in [0.05, 0.1) is 0 Å². The molecule has 1 N–H and O–H groups in total. The summed E-state index contributed by atoms with van der Waals surface area (Å²) in [6.45, 7) is 5.93. The van der Waals surface area contributed by atoms with Gasteiger partial charge in [-0.1, -0.05) is 58.3 Å². The molecule has 0 saturated heterocycles. The van der Waals surface area contributed by atoms with Crippen molar-refractivity contribution >= 4 is 0 Å². The SMILES string of the molecule is CCCCCCCCCNC1(C)CCCC1. The molecule has 0 aromatic heterocycles. The maximum absolute atomic E-state index is 3.76. The molecule has 1 rings (SSSR count). The Morgan fingerprint density at radius 1 is 0.875 bits per heavy atom. The number of rotatable bonds is 9. The van der Waals surface area contributed by atoms with Crippen LogP contribution in [0.5, 0.6) is 0 Å². The van der Waals surface area contributed by atoms with E-state index in [-0.39, 0.29) is 0 Å². The van der Waals surface area contributed by atoms with E-state index in [1.807, 2.05) is 0 Å². The van der Waals surface area contributed by atoms with E-state index in [4.69, 9.17) is 0 Å². The summed E-state index contributed by atoms with van der Waals surface area (Å²) in [6.07, 6.45) is 15.6. The van der Waals surface area contributed by atoms with Crippen molar-refractivity contribution in [1.82, 2.24) is 5.32 Å². The van der Waals surface area contributed by atoms with Crippen LogP contribution in [0.2, 0.25) is 0 Å². The first kappa shape index (κ1) is 14.0. The van der Waals surface area contributed by atoms with E-state index in [1.165, 1.54) is 77.2 Å². The molecule has 1 aliphatic carbocycles. The maximum Gasteiger partial charge on any atom is 0.0153 e. The number of unbranched alkanes of at least 4 members (excludes halogenated alkanes) is 6. The first-order valence-electron chi connectivity index (χ1n) is 7.52. The van der Waals surface area contributed by atoms with Crippen LogP contribution in [0.15, 0.2) is 0 Å². The lowest BCUT2D eigenvalue weighted by molar-refractivity contribution is 0.359. The predicted octanol–water partition coefficient (Wildman–Crippen LogP) is 4.66. The lowest BCUT2D eigenvalue weighted by Gasteiger charge is -2.25. The molecule has 0 spiro atoms. The molecular weight excluding hydrogens is 194 g/mol. The van der Waals surface area contributed by atoms with Gasteiger partial charge in [0.2, 0.25) is 0 Å². The predicted molar refractivity (Wildman–Crippen MR) is 72.9 cm³/mol. The Morgan fingerprint density at radius 2 is 1.44 bits per heavy atom. The van der Waals surface area contributed by atoms with Crippen LogP contribution in [-0.4, -0.2) is 12.1 Å². The van der Waals surface area contributed by atoms with Crippen molar-refractivity contribution in [2.24, 2.45) is 0 Å². The summed E-state index contributed by atoms with van der Waals surface area (Å²) in [6, 6.07) is 0. The van der Waals surface area contributed by atoms with Gasteiger partial charge in [0.15, 0.2) is 0 Å². The molecule has 1 heteroatoms. The zero-order valence-corrected chi connectivity index (χ0v) is 11.5. The summed E-state index contributed by atoms with van der Waals surface area (Å²) in [5.74, 6) is 0. The largest absolute Gasteiger partial charge is 0.312 e. The van der Waals surface area contributed by atoms with Gasteiger partial charge < -0.3 is 5.32 Å². The minimum Gasteiger partial charge on any atom is -0.312 e. The zero-order chi connectivity index (χ0) is 11.7. The highest BCUT2D eigenvalue weighted by atomic mass is 15.0. The van der Waals surface area contributed by atoms with E-state index >= 15 is 0 Å². The van der Waals surface area contributed by atoms with Crippen LogP contribution in [0.1, 0.15) is 84.5 Å². The highest BCUT2D eigenvalue weighted by Gasteiger charge is 2.26. The van der Waals surface area contributed by atoms with Crippen molar-refractivity contribution in [3.8, 4) is 0 Å². The third-order valence-corrected chi connectivity index (χ3v) is 4.04. The fourth-order valence-electron chi connectivity index (χ4n) is 2.80. The van der Waals surface area contributed by atoms with Crippen LogP contribution in [0.3, 0.4) is 0 Å². The zero-order valence-electron chi connectivity index (χ0n) is 11.5. The minimum atomic E-state index is 0.488. The van der Waals surface area contributed by atoms with Crippen LogP contribution in [0.4, 0.5) is 0 Å².